The molecule has 0 saturated carbocycles. The van der Waals surface area contributed by atoms with E-state index in [0.717, 1.165) is 81.7 Å². The van der Waals surface area contributed by atoms with Crippen LogP contribution < -0.4 is 14.8 Å². The molecular weight excluding hydrogens is 523 g/mol. The fourth-order valence-electron chi connectivity index (χ4n) is 3.65. The van der Waals surface area contributed by atoms with Crippen molar-refractivity contribution in [3.8, 4) is 11.5 Å². The first kappa shape index (κ1) is 26.2. The van der Waals surface area contributed by atoms with Gasteiger partial charge in [-0.25, -0.2) is 0 Å². The molecule has 0 aliphatic carbocycles. The highest BCUT2D eigenvalue weighted by atomic mass is 127. The van der Waals surface area contributed by atoms with Crippen LogP contribution >= 0.6 is 24.0 Å². The third kappa shape index (κ3) is 7.51. The fourth-order valence-corrected chi connectivity index (χ4v) is 3.65. The number of nitrogens with zero attached hydrogens (tertiary/aromatic N) is 5. The average molecular weight is 558 g/mol. The molecule has 1 fully saturated rings. The van der Waals surface area contributed by atoms with Gasteiger partial charge >= 0.3 is 0 Å². The molecule has 1 saturated heterocycles. The van der Waals surface area contributed by atoms with Crippen molar-refractivity contribution in [1.29, 1.82) is 0 Å². The number of hydrogen-bond donors (Lipinski definition) is 1. The number of guanidine groups is 1. The van der Waals surface area contributed by atoms with Gasteiger partial charge in [0.2, 0.25) is 5.89 Å². The second-order valence-electron chi connectivity index (χ2n) is 7.52. The van der Waals surface area contributed by atoms with E-state index in [-0.39, 0.29) is 24.0 Å². The maximum atomic E-state index is 5.53. The van der Waals surface area contributed by atoms with Gasteiger partial charge in [0, 0.05) is 57.8 Å². The molecule has 1 aliphatic rings. The maximum Gasteiger partial charge on any atom is 0.226 e. The molecule has 0 unspecified atom stereocenters. The number of benzene rings is 1. The summed E-state index contributed by atoms with van der Waals surface area (Å²) in [4.78, 5) is 13.8. The lowest BCUT2D eigenvalue weighted by Gasteiger charge is -2.36. The van der Waals surface area contributed by atoms with E-state index in [0.29, 0.717) is 11.7 Å². The quantitative estimate of drug-likeness (QED) is 0.218. The van der Waals surface area contributed by atoms with Crippen LogP contribution in [0.1, 0.15) is 30.6 Å². The number of aryl methyl sites for hydroxylation is 2. The summed E-state index contributed by atoms with van der Waals surface area (Å²) < 4.78 is 16.1. The minimum absolute atomic E-state index is 0. The highest BCUT2D eigenvalue weighted by Crippen LogP contribution is 2.25. The van der Waals surface area contributed by atoms with Crippen LogP contribution in [0.5, 0.6) is 11.5 Å². The Morgan fingerprint density at radius 3 is 2.59 bits per heavy atom. The molecule has 1 aromatic heterocycles. The molecule has 3 rings (SSSR count). The molecule has 1 aromatic carbocycles. The molecule has 32 heavy (non-hydrogen) atoms. The van der Waals surface area contributed by atoms with Crippen LogP contribution in [0, 0.1) is 6.92 Å². The van der Waals surface area contributed by atoms with Crippen LogP contribution in [0.25, 0.3) is 0 Å². The molecule has 9 nitrogen and oxygen atoms in total. The highest BCUT2D eigenvalue weighted by molar-refractivity contribution is 14.0. The van der Waals surface area contributed by atoms with E-state index in [4.69, 9.17) is 19.0 Å². The van der Waals surface area contributed by atoms with Gasteiger partial charge in [-0.1, -0.05) is 5.16 Å². The van der Waals surface area contributed by atoms with Crippen molar-refractivity contribution in [1.82, 2.24) is 25.3 Å². The number of nitrogens with one attached hydrogen (secondary N) is 1. The Morgan fingerprint density at radius 2 is 1.97 bits per heavy atom. The largest absolute Gasteiger partial charge is 0.497 e. The Kier molecular flexibility index (Phi) is 11.0. The predicted octanol–water partition coefficient (Wildman–Crippen LogP) is 2.73. The molecule has 0 amide bonds. The van der Waals surface area contributed by atoms with E-state index >= 15 is 0 Å². The predicted molar refractivity (Wildman–Crippen MR) is 135 cm³/mol. The summed E-state index contributed by atoms with van der Waals surface area (Å²) >= 11 is 0. The lowest BCUT2D eigenvalue weighted by atomic mass is 10.1. The number of ether oxygens (including phenoxy) is 2. The molecule has 0 radical (unpaired) electrons. The van der Waals surface area contributed by atoms with Gasteiger partial charge in [-0.05, 0) is 38.5 Å². The van der Waals surface area contributed by atoms with Crippen LogP contribution in [0.15, 0.2) is 27.7 Å². The minimum Gasteiger partial charge on any atom is -0.497 e. The minimum atomic E-state index is 0. The number of halogens is 1. The lowest BCUT2D eigenvalue weighted by Crippen LogP contribution is -2.52. The lowest BCUT2D eigenvalue weighted by molar-refractivity contribution is 0.171. The summed E-state index contributed by atoms with van der Waals surface area (Å²) in [5.74, 6) is 4.08. The van der Waals surface area contributed by atoms with E-state index < -0.39 is 0 Å². The number of methoxy groups -OCH3 is 2. The topological polar surface area (TPSA) is 88.2 Å². The van der Waals surface area contributed by atoms with E-state index in [2.05, 4.69) is 38.2 Å². The van der Waals surface area contributed by atoms with Gasteiger partial charge in [-0.2, -0.15) is 4.98 Å². The van der Waals surface area contributed by atoms with E-state index in [9.17, 15) is 0 Å². The number of piperazine rings is 1. The third-order valence-electron chi connectivity index (χ3n) is 5.27. The highest BCUT2D eigenvalue weighted by Gasteiger charge is 2.21. The van der Waals surface area contributed by atoms with Crippen molar-refractivity contribution in [2.24, 2.45) is 4.99 Å². The summed E-state index contributed by atoms with van der Waals surface area (Å²) in [6.07, 6.45) is 1.63. The monoisotopic (exact) mass is 558 g/mol. The van der Waals surface area contributed by atoms with Gasteiger partial charge < -0.3 is 24.2 Å². The number of aromatic nitrogens is 2. The van der Waals surface area contributed by atoms with Crippen LogP contribution in [-0.4, -0.2) is 79.4 Å². The summed E-state index contributed by atoms with van der Waals surface area (Å²) in [6.45, 7) is 10.1. The van der Waals surface area contributed by atoms with Gasteiger partial charge in [-0.15, -0.1) is 24.0 Å². The van der Waals surface area contributed by atoms with Gasteiger partial charge in [0.15, 0.2) is 11.8 Å². The molecule has 2 aromatic rings. The molecule has 178 valence electrons. The Morgan fingerprint density at radius 1 is 1.19 bits per heavy atom. The molecular formula is C22H35IN6O3. The molecule has 1 N–H and O–H groups in total. The van der Waals surface area contributed by atoms with E-state index in [1.165, 1.54) is 0 Å². The standard InChI is InChI=1S/C22H34N6O3.HI/c1-5-23-22(24-10-6-7-21-25-17(2)26-31-21)28-13-11-27(12-14-28)16-18-15-19(29-3)8-9-20(18)30-4;/h8-9,15H,5-7,10-14,16H2,1-4H3,(H,23,24);1H. The molecule has 2 heterocycles. The van der Waals surface area contributed by atoms with Gasteiger partial charge in [0.1, 0.15) is 11.5 Å². The van der Waals surface area contributed by atoms with Crippen LogP contribution in [0.4, 0.5) is 0 Å². The first-order valence-electron chi connectivity index (χ1n) is 10.9. The van der Waals surface area contributed by atoms with Gasteiger partial charge in [0.05, 0.1) is 14.2 Å². The van der Waals surface area contributed by atoms with Gasteiger partial charge in [0.25, 0.3) is 0 Å². The summed E-state index contributed by atoms with van der Waals surface area (Å²) in [5.41, 5.74) is 1.15. The maximum absolute atomic E-state index is 5.53. The van der Waals surface area contributed by atoms with Crippen molar-refractivity contribution >= 4 is 29.9 Å². The van der Waals surface area contributed by atoms with E-state index in [1.54, 1.807) is 14.2 Å². The zero-order valence-electron chi connectivity index (χ0n) is 19.5. The number of rotatable bonds is 9. The van der Waals surface area contributed by atoms with Crippen LogP contribution in [0.3, 0.4) is 0 Å². The first-order chi connectivity index (χ1) is 15.1. The summed E-state index contributed by atoms with van der Waals surface area (Å²) in [7, 11) is 3.40. The van der Waals surface area contributed by atoms with Crippen molar-refractivity contribution in [3.05, 3.63) is 35.5 Å². The average Bonchev–Trinajstić information content (AvgIpc) is 3.21. The molecule has 10 heteroatoms. The third-order valence-corrected chi connectivity index (χ3v) is 5.27. The van der Waals surface area contributed by atoms with Crippen molar-refractivity contribution < 1.29 is 14.0 Å². The summed E-state index contributed by atoms with van der Waals surface area (Å²) in [5, 5.41) is 7.25. The SMILES string of the molecule is CCNC(=NCCCc1nc(C)no1)N1CCN(Cc2cc(OC)ccc2OC)CC1.I. The van der Waals surface area contributed by atoms with Crippen molar-refractivity contribution in [3.63, 3.8) is 0 Å². The molecule has 0 atom stereocenters. The molecule has 1 aliphatic heterocycles. The van der Waals surface area contributed by atoms with Gasteiger partial charge in [-0.3, -0.25) is 9.89 Å². The summed E-state index contributed by atoms with van der Waals surface area (Å²) in [6, 6.07) is 5.96. The van der Waals surface area contributed by atoms with Crippen molar-refractivity contribution in [2.75, 3.05) is 53.5 Å². The van der Waals surface area contributed by atoms with Crippen LogP contribution in [0.2, 0.25) is 0 Å². The van der Waals surface area contributed by atoms with Crippen molar-refractivity contribution in [2.45, 2.75) is 33.2 Å². The number of hydrogen-bond acceptors (Lipinski definition) is 7. The molecule has 0 bridgehead atoms. The Labute approximate surface area is 207 Å². The number of aliphatic imine (C=N–C) groups is 1. The van der Waals surface area contributed by atoms with Crippen LogP contribution in [-0.2, 0) is 13.0 Å². The fraction of sp³-hybridized carbons (Fsp3) is 0.591. The smallest absolute Gasteiger partial charge is 0.226 e. The van der Waals surface area contributed by atoms with E-state index in [1.807, 2.05) is 19.1 Å². The molecule has 0 spiro atoms. The second kappa shape index (κ2) is 13.5. The second-order valence-corrected chi connectivity index (χ2v) is 7.52. The first-order valence-corrected chi connectivity index (χ1v) is 10.9. The zero-order chi connectivity index (χ0) is 22.1. The Balaban J connectivity index is 0.00000363. The normalized spacial score (nSPS) is 14.8. The zero-order valence-corrected chi connectivity index (χ0v) is 21.8. The Hall–Kier alpha value is -2.08. The Bertz CT molecular complexity index is 852.